The van der Waals surface area contributed by atoms with E-state index in [1.165, 1.54) is 24.3 Å². The minimum absolute atomic E-state index is 0.165. The first-order valence-electron chi connectivity index (χ1n) is 10.1. The van der Waals surface area contributed by atoms with E-state index in [9.17, 15) is 23.1 Å². The number of halogens is 1. The number of rotatable bonds is 6. The maximum atomic E-state index is 13.5. The summed E-state index contributed by atoms with van der Waals surface area (Å²) in [7, 11) is -4.36. The van der Waals surface area contributed by atoms with Crippen molar-refractivity contribution in [3.05, 3.63) is 53.0 Å². The molecule has 11 heteroatoms. The molecule has 0 aliphatic carbocycles. The Morgan fingerprint density at radius 1 is 1.06 bits per heavy atom. The number of carbonyl (C=O) groups is 2. The monoisotopic (exact) mass is 540 g/mol. The molecule has 0 spiro atoms. The summed E-state index contributed by atoms with van der Waals surface area (Å²) in [5.74, 6) is -1.80. The van der Waals surface area contributed by atoms with E-state index < -0.39 is 39.6 Å². The predicted molar refractivity (Wildman–Crippen MR) is 124 cm³/mol. The number of carboxylic acids is 1. The van der Waals surface area contributed by atoms with Crippen LogP contribution in [0.2, 0.25) is 0 Å². The number of benzene rings is 2. The number of ether oxygens (including phenoxy) is 2. The van der Waals surface area contributed by atoms with Crippen LogP contribution in [0, 0.1) is 0 Å². The number of carbonyl (C=O) groups excluding carboxylic acids is 1. The van der Waals surface area contributed by atoms with Gasteiger partial charge in [0.15, 0.2) is 0 Å². The van der Waals surface area contributed by atoms with Gasteiger partial charge >= 0.3 is 11.9 Å². The number of esters is 1. The highest BCUT2D eigenvalue weighted by atomic mass is 79.9. The summed E-state index contributed by atoms with van der Waals surface area (Å²) in [5, 5.41) is 12.8. The molecule has 0 bridgehead atoms. The third kappa shape index (κ3) is 5.37. The first kappa shape index (κ1) is 25.2. The van der Waals surface area contributed by atoms with Crippen LogP contribution in [0.25, 0.3) is 0 Å². The number of aliphatic carboxylic acids is 1. The van der Waals surface area contributed by atoms with Crippen molar-refractivity contribution < 1.29 is 32.6 Å². The second-order valence-electron chi connectivity index (χ2n) is 8.45. The minimum atomic E-state index is -4.36. The Morgan fingerprint density at radius 2 is 1.61 bits per heavy atom. The van der Waals surface area contributed by atoms with Gasteiger partial charge in [-0.2, -0.15) is 4.31 Å². The van der Waals surface area contributed by atoms with Crippen molar-refractivity contribution in [3.63, 3.8) is 0 Å². The average molecular weight is 541 g/mol. The Balaban J connectivity index is 1.93. The van der Waals surface area contributed by atoms with Crippen molar-refractivity contribution in [2.75, 3.05) is 19.6 Å². The maximum absolute atomic E-state index is 13.5. The van der Waals surface area contributed by atoms with Gasteiger partial charge in [0.1, 0.15) is 17.1 Å². The lowest BCUT2D eigenvalue weighted by atomic mass is 9.97. The van der Waals surface area contributed by atoms with Gasteiger partial charge in [-0.3, -0.25) is 0 Å². The lowest BCUT2D eigenvalue weighted by Crippen LogP contribution is -2.71. The van der Waals surface area contributed by atoms with E-state index in [0.29, 0.717) is 15.8 Å². The summed E-state index contributed by atoms with van der Waals surface area (Å²) in [5.41, 5.74) is -3.44. The first-order chi connectivity index (χ1) is 15.4. The van der Waals surface area contributed by atoms with Crippen LogP contribution in [0.3, 0.4) is 0 Å². The first-order valence-corrected chi connectivity index (χ1v) is 12.3. The summed E-state index contributed by atoms with van der Waals surface area (Å²) in [4.78, 5) is 25.1. The summed E-state index contributed by atoms with van der Waals surface area (Å²) >= 11 is 3.34. The number of nitrogens with zero attached hydrogens (tertiary/aromatic N) is 1. The van der Waals surface area contributed by atoms with E-state index in [-0.39, 0.29) is 18.0 Å². The van der Waals surface area contributed by atoms with Crippen LogP contribution in [0.4, 0.5) is 0 Å². The molecule has 0 aromatic heterocycles. The highest BCUT2D eigenvalue weighted by molar-refractivity contribution is 9.10. The van der Waals surface area contributed by atoms with Crippen LogP contribution in [0.15, 0.2) is 57.9 Å². The van der Waals surface area contributed by atoms with Crippen molar-refractivity contribution in [2.24, 2.45) is 0 Å². The molecule has 2 N–H and O–H groups in total. The Labute approximate surface area is 200 Å². The Kier molecular flexibility index (Phi) is 7.18. The number of piperazine rings is 1. The Morgan fingerprint density at radius 3 is 2.12 bits per heavy atom. The minimum Gasteiger partial charge on any atom is -0.479 e. The lowest BCUT2D eigenvalue weighted by molar-refractivity contribution is -0.176. The van der Waals surface area contributed by atoms with Gasteiger partial charge in [0.25, 0.3) is 0 Å². The topological polar surface area (TPSA) is 122 Å². The van der Waals surface area contributed by atoms with E-state index in [2.05, 4.69) is 21.2 Å². The van der Waals surface area contributed by atoms with Crippen LogP contribution in [0.1, 0.15) is 20.8 Å². The normalized spacial score (nSPS) is 19.6. The molecule has 2 aromatic carbocycles. The van der Waals surface area contributed by atoms with Gasteiger partial charge in [0.05, 0.1) is 4.90 Å². The van der Waals surface area contributed by atoms with Crippen molar-refractivity contribution >= 4 is 37.9 Å². The number of hydrogen-bond donors (Lipinski definition) is 2. The van der Waals surface area contributed by atoms with Crippen LogP contribution >= 0.6 is 15.9 Å². The molecule has 1 saturated heterocycles. The number of carboxylic acid groups (broad SMARTS) is 1. The molecular weight excluding hydrogens is 516 g/mol. The van der Waals surface area contributed by atoms with Crippen molar-refractivity contribution in [3.8, 4) is 11.5 Å². The standard InChI is InChI=1S/C22H25BrN2O7S/c1-21(2,3)32-20(28)22(19(26)27)14-24-12-13-25(22)33(29,30)18-10-8-17(9-11-18)31-16-6-4-15(23)5-7-16/h4-11,24H,12-14H2,1-3H3,(H,26,27)/t22-/m0/s1. The Bertz CT molecular complexity index is 1130. The van der Waals surface area contributed by atoms with Crippen molar-refractivity contribution in [1.82, 2.24) is 9.62 Å². The summed E-state index contributed by atoms with van der Waals surface area (Å²) in [6.45, 7) is 4.30. The highest BCUT2D eigenvalue weighted by Gasteiger charge is 2.59. The molecule has 1 heterocycles. The average Bonchev–Trinajstić information content (AvgIpc) is 2.74. The fraction of sp³-hybridized carbons (Fsp3) is 0.364. The van der Waals surface area contributed by atoms with Crippen LogP contribution in [-0.2, 0) is 24.3 Å². The van der Waals surface area contributed by atoms with Crippen molar-refractivity contribution in [1.29, 1.82) is 0 Å². The molecule has 33 heavy (non-hydrogen) atoms. The lowest BCUT2D eigenvalue weighted by Gasteiger charge is -2.42. The zero-order valence-electron chi connectivity index (χ0n) is 18.4. The molecule has 3 rings (SSSR count). The molecule has 0 unspecified atom stereocenters. The smallest absolute Gasteiger partial charge is 0.341 e. The zero-order chi connectivity index (χ0) is 24.4. The fourth-order valence-electron chi connectivity index (χ4n) is 3.31. The molecule has 0 radical (unpaired) electrons. The van der Waals surface area contributed by atoms with Gasteiger partial charge in [-0.25, -0.2) is 18.0 Å². The van der Waals surface area contributed by atoms with Gasteiger partial charge in [-0.1, -0.05) is 15.9 Å². The molecule has 1 fully saturated rings. The van der Waals surface area contributed by atoms with E-state index in [4.69, 9.17) is 9.47 Å². The van der Waals surface area contributed by atoms with Gasteiger partial charge in [0, 0.05) is 24.1 Å². The number of hydrogen-bond acceptors (Lipinski definition) is 7. The second kappa shape index (κ2) is 9.41. The molecule has 0 amide bonds. The molecule has 2 aromatic rings. The second-order valence-corrected chi connectivity index (χ2v) is 11.2. The third-order valence-corrected chi connectivity index (χ3v) is 7.32. The van der Waals surface area contributed by atoms with Gasteiger partial charge < -0.3 is 19.9 Å². The van der Waals surface area contributed by atoms with Gasteiger partial charge in [0.2, 0.25) is 15.6 Å². The van der Waals surface area contributed by atoms with Crippen LogP contribution in [0.5, 0.6) is 11.5 Å². The zero-order valence-corrected chi connectivity index (χ0v) is 20.8. The van der Waals surface area contributed by atoms with Crippen LogP contribution in [-0.4, -0.2) is 60.5 Å². The Hall–Kier alpha value is -2.47. The van der Waals surface area contributed by atoms with E-state index in [1.54, 1.807) is 45.0 Å². The summed E-state index contributed by atoms with van der Waals surface area (Å²) < 4.78 is 39.5. The quantitative estimate of drug-likeness (QED) is 0.423. The van der Waals surface area contributed by atoms with E-state index in [1.807, 2.05) is 0 Å². The van der Waals surface area contributed by atoms with Gasteiger partial charge in [-0.05, 0) is 69.3 Å². The molecule has 1 aliphatic heterocycles. The molecular formula is C22H25BrN2O7S. The molecule has 1 aliphatic rings. The predicted octanol–water partition coefficient (Wildman–Crippen LogP) is 3.00. The maximum Gasteiger partial charge on any atom is 0.341 e. The van der Waals surface area contributed by atoms with Crippen LogP contribution < -0.4 is 10.1 Å². The van der Waals surface area contributed by atoms with Gasteiger partial charge in [-0.15, -0.1) is 0 Å². The molecule has 9 nitrogen and oxygen atoms in total. The number of sulfonamides is 1. The fourth-order valence-corrected chi connectivity index (χ4v) is 5.26. The molecule has 178 valence electrons. The number of nitrogens with one attached hydrogen (secondary N) is 1. The van der Waals surface area contributed by atoms with E-state index in [0.717, 1.165) is 4.47 Å². The largest absolute Gasteiger partial charge is 0.479 e. The SMILES string of the molecule is CC(C)(C)OC(=O)[C@@]1(C(=O)O)CNCCN1S(=O)(=O)c1ccc(Oc2ccc(Br)cc2)cc1. The summed E-state index contributed by atoms with van der Waals surface area (Å²) in [6, 6.07) is 12.7. The molecule has 1 atom stereocenters. The summed E-state index contributed by atoms with van der Waals surface area (Å²) in [6.07, 6.45) is 0. The molecule has 0 saturated carbocycles. The highest BCUT2D eigenvalue weighted by Crippen LogP contribution is 2.31. The van der Waals surface area contributed by atoms with Crippen molar-refractivity contribution in [2.45, 2.75) is 36.8 Å². The van der Waals surface area contributed by atoms with E-state index >= 15 is 0 Å². The third-order valence-electron chi connectivity index (χ3n) is 4.85.